The number of alkyl halides is 3. The van der Waals surface area contributed by atoms with Crippen molar-refractivity contribution in [2.45, 2.75) is 13.1 Å². The molecule has 1 aromatic rings. The number of halogens is 3. The molecule has 2 N–H and O–H groups in total. The lowest BCUT2D eigenvalue weighted by Crippen LogP contribution is -2.09. The number of nitrogen functional groups attached to an aromatic ring is 1. The van der Waals surface area contributed by atoms with E-state index in [2.05, 4.69) is 4.98 Å². The molecule has 0 aromatic carbocycles. The molecule has 0 saturated heterocycles. The van der Waals surface area contributed by atoms with E-state index in [0.717, 1.165) is 6.07 Å². The maximum absolute atomic E-state index is 12.0. The van der Waals surface area contributed by atoms with Gasteiger partial charge in [0.2, 0.25) is 0 Å². The third-order valence-electron chi connectivity index (χ3n) is 1.43. The van der Waals surface area contributed by atoms with Crippen molar-refractivity contribution in [2.24, 2.45) is 0 Å². The van der Waals surface area contributed by atoms with Gasteiger partial charge in [0, 0.05) is 0 Å². The first-order valence-electron chi connectivity index (χ1n) is 3.21. The summed E-state index contributed by atoms with van der Waals surface area (Å²) >= 11 is 0. The zero-order valence-corrected chi connectivity index (χ0v) is 6.31. The molecule has 1 heterocycles. The molecule has 0 fully saturated rings. The molecule has 5 heteroatoms. The molecular weight excluding hydrogens is 169 g/mol. The lowest BCUT2D eigenvalue weighted by atomic mass is 10.2. The van der Waals surface area contributed by atoms with Crippen molar-refractivity contribution in [1.82, 2.24) is 4.98 Å². The highest BCUT2D eigenvalue weighted by atomic mass is 19.4. The number of aromatic nitrogens is 1. The smallest absolute Gasteiger partial charge is 0.383 e. The number of hydrogen-bond donors (Lipinski definition) is 1. The van der Waals surface area contributed by atoms with Crippen LogP contribution >= 0.6 is 0 Å². The Morgan fingerprint density at radius 2 is 1.92 bits per heavy atom. The van der Waals surface area contributed by atoms with Crippen LogP contribution in [0.3, 0.4) is 0 Å². The van der Waals surface area contributed by atoms with Crippen molar-refractivity contribution in [3.63, 3.8) is 0 Å². The van der Waals surface area contributed by atoms with Crippen molar-refractivity contribution < 1.29 is 13.2 Å². The van der Waals surface area contributed by atoms with Crippen molar-refractivity contribution >= 4 is 5.82 Å². The van der Waals surface area contributed by atoms with Crippen LogP contribution in [0, 0.1) is 6.92 Å². The predicted octanol–water partition coefficient (Wildman–Crippen LogP) is 1.99. The molecule has 0 saturated carbocycles. The number of rotatable bonds is 0. The Bertz CT molecular complexity index is 293. The van der Waals surface area contributed by atoms with E-state index >= 15 is 0 Å². The van der Waals surface area contributed by atoms with Gasteiger partial charge >= 0.3 is 6.18 Å². The van der Waals surface area contributed by atoms with E-state index in [4.69, 9.17) is 5.73 Å². The van der Waals surface area contributed by atoms with Crippen LogP contribution in [0.1, 0.15) is 11.3 Å². The molecule has 2 nitrogen and oxygen atoms in total. The highest BCUT2D eigenvalue weighted by Gasteiger charge is 2.32. The van der Waals surface area contributed by atoms with Gasteiger partial charge in [0.25, 0.3) is 0 Å². The van der Waals surface area contributed by atoms with Crippen LogP contribution < -0.4 is 5.73 Å². The number of anilines is 1. The third-order valence-corrected chi connectivity index (χ3v) is 1.43. The molecule has 0 radical (unpaired) electrons. The van der Waals surface area contributed by atoms with Gasteiger partial charge < -0.3 is 5.73 Å². The highest BCUT2D eigenvalue weighted by molar-refractivity contribution is 5.39. The number of pyridine rings is 1. The molecular formula is C7H7F3N2. The maximum Gasteiger partial charge on any atom is 0.433 e. The van der Waals surface area contributed by atoms with E-state index in [9.17, 15) is 13.2 Å². The summed E-state index contributed by atoms with van der Waals surface area (Å²) < 4.78 is 35.9. The fourth-order valence-corrected chi connectivity index (χ4v) is 0.702. The summed E-state index contributed by atoms with van der Waals surface area (Å²) in [6, 6.07) is 2.21. The van der Waals surface area contributed by atoms with Gasteiger partial charge in [-0.15, -0.1) is 0 Å². The Morgan fingerprint density at radius 3 is 2.33 bits per heavy atom. The molecule has 0 unspecified atom stereocenters. The summed E-state index contributed by atoms with van der Waals surface area (Å²) in [5, 5.41) is 0. The molecule has 0 aliphatic carbocycles. The summed E-state index contributed by atoms with van der Waals surface area (Å²) in [7, 11) is 0. The normalized spacial score (nSPS) is 11.7. The minimum absolute atomic E-state index is 0.0789. The molecule has 66 valence electrons. The second-order valence-corrected chi connectivity index (χ2v) is 2.40. The fourth-order valence-electron chi connectivity index (χ4n) is 0.702. The first-order chi connectivity index (χ1) is 5.41. The molecule has 1 aromatic heterocycles. The molecule has 0 spiro atoms. The molecule has 1 rings (SSSR count). The van der Waals surface area contributed by atoms with Gasteiger partial charge in [-0.25, -0.2) is 4.98 Å². The number of nitrogens with two attached hydrogens (primary N) is 1. The Balaban J connectivity index is 3.14. The maximum atomic E-state index is 12.0. The SMILES string of the molecule is Cc1ccc(C(F)(F)F)nc1N. The summed E-state index contributed by atoms with van der Waals surface area (Å²) in [6.07, 6.45) is -4.41. The van der Waals surface area contributed by atoms with Crippen LogP contribution in [0.15, 0.2) is 12.1 Å². The standard InChI is InChI=1S/C7H7F3N2/c1-4-2-3-5(7(8,9)10)12-6(4)11/h2-3H,1H3,(H2,11,12). The van der Waals surface area contributed by atoms with Gasteiger partial charge in [0.05, 0.1) is 0 Å². The minimum atomic E-state index is -4.41. The van der Waals surface area contributed by atoms with Crippen molar-refractivity contribution in [1.29, 1.82) is 0 Å². The second-order valence-electron chi connectivity index (χ2n) is 2.40. The van der Waals surface area contributed by atoms with Gasteiger partial charge in [-0.1, -0.05) is 6.07 Å². The van der Waals surface area contributed by atoms with E-state index in [1.165, 1.54) is 6.07 Å². The number of nitrogens with zero attached hydrogens (tertiary/aromatic N) is 1. The quantitative estimate of drug-likeness (QED) is 0.656. The first-order valence-corrected chi connectivity index (χ1v) is 3.21. The second kappa shape index (κ2) is 2.66. The van der Waals surface area contributed by atoms with Crippen molar-refractivity contribution in [2.75, 3.05) is 5.73 Å². The molecule has 0 aliphatic rings. The molecule has 0 bridgehead atoms. The number of aryl methyl sites for hydroxylation is 1. The van der Waals surface area contributed by atoms with Gasteiger partial charge in [-0.05, 0) is 18.6 Å². The van der Waals surface area contributed by atoms with Crippen LogP contribution in [0.5, 0.6) is 0 Å². The average Bonchev–Trinajstić information content (AvgIpc) is 1.92. The molecule has 0 amide bonds. The molecule has 12 heavy (non-hydrogen) atoms. The van der Waals surface area contributed by atoms with Crippen LogP contribution in [0.2, 0.25) is 0 Å². The van der Waals surface area contributed by atoms with Crippen molar-refractivity contribution in [3.8, 4) is 0 Å². The first kappa shape index (κ1) is 8.83. The molecule has 0 aliphatic heterocycles. The summed E-state index contributed by atoms with van der Waals surface area (Å²) in [4.78, 5) is 3.20. The van der Waals surface area contributed by atoms with E-state index in [0.29, 0.717) is 5.56 Å². The van der Waals surface area contributed by atoms with Gasteiger partial charge in [-0.3, -0.25) is 0 Å². The fraction of sp³-hybridized carbons (Fsp3) is 0.286. The Labute approximate surface area is 67.2 Å². The van der Waals surface area contributed by atoms with E-state index in [1.54, 1.807) is 6.92 Å². The van der Waals surface area contributed by atoms with Gasteiger partial charge in [0.15, 0.2) is 0 Å². The van der Waals surface area contributed by atoms with E-state index in [-0.39, 0.29) is 5.82 Å². The van der Waals surface area contributed by atoms with E-state index in [1.807, 2.05) is 0 Å². The lowest BCUT2D eigenvalue weighted by Gasteiger charge is -2.06. The Hall–Kier alpha value is -1.26. The minimum Gasteiger partial charge on any atom is -0.383 e. The Kier molecular flexibility index (Phi) is 1.95. The van der Waals surface area contributed by atoms with Gasteiger partial charge in [0.1, 0.15) is 11.5 Å². The predicted molar refractivity (Wildman–Crippen MR) is 38.4 cm³/mol. The number of hydrogen-bond acceptors (Lipinski definition) is 2. The summed E-state index contributed by atoms with van der Waals surface area (Å²) in [6.45, 7) is 1.60. The lowest BCUT2D eigenvalue weighted by molar-refractivity contribution is -0.141. The zero-order chi connectivity index (χ0) is 9.35. The summed E-state index contributed by atoms with van der Waals surface area (Å²) in [5.41, 5.74) is 4.80. The van der Waals surface area contributed by atoms with Crippen LogP contribution in [0.4, 0.5) is 19.0 Å². The molecule has 0 atom stereocenters. The van der Waals surface area contributed by atoms with Crippen LogP contribution in [0.25, 0.3) is 0 Å². The topological polar surface area (TPSA) is 38.9 Å². The monoisotopic (exact) mass is 176 g/mol. The van der Waals surface area contributed by atoms with Gasteiger partial charge in [-0.2, -0.15) is 13.2 Å². The summed E-state index contributed by atoms with van der Waals surface area (Å²) in [5.74, 6) is -0.0789. The van der Waals surface area contributed by atoms with Crippen LogP contribution in [-0.4, -0.2) is 4.98 Å². The average molecular weight is 176 g/mol. The third kappa shape index (κ3) is 1.66. The van der Waals surface area contributed by atoms with Crippen molar-refractivity contribution in [3.05, 3.63) is 23.4 Å². The zero-order valence-electron chi connectivity index (χ0n) is 6.31. The highest BCUT2D eigenvalue weighted by Crippen LogP contribution is 2.28. The largest absolute Gasteiger partial charge is 0.433 e. The van der Waals surface area contributed by atoms with Crippen LogP contribution in [-0.2, 0) is 6.18 Å². The Morgan fingerprint density at radius 1 is 1.33 bits per heavy atom. The van der Waals surface area contributed by atoms with E-state index < -0.39 is 11.9 Å².